The van der Waals surface area contributed by atoms with Gasteiger partial charge in [-0.1, -0.05) is 42.1 Å². The molecule has 0 saturated carbocycles. The number of thiazole rings is 1. The van der Waals surface area contributed by atoms with E-state index >= 15 is 0 Å². The number of para-hydroxylation sites is 1. The number of thioether (sulfide) groups is 1. The fourth-order valence-corrected chi connectivity index (χ4v) is 5.50. The van der Waals surface area contributed by atoms with Crippen molar-refractivity contribution in [1.29, 1.82) is 0 Å². The van der Waals surface area contributed by atoms with Gasteiger partial charge in [0.05, 0.1) is 16.1 Å². The molecule has 9 nitrogen and oxygen atoms in total. The standard InChI is InChI=1S/C24H20N6O3S2/c1-14-5-3-8-18-15(2)11-20-27-28-24(29(20)22(14)18)34-10-9-21(31)26-23-25-19(13-35-23)16-6-4-7-17(12-16)30(32)33/h3-8,11-13H,9-10H2,1-2H3,(H,25,26,31). The zero-order valence-electron chi connectivity index (χ0n) is 18.9. The van der Waals surface area contributed by atoms with Gasteiger partial charge in [-0.2, -0.15) is 0 Å². The van der Waals surface area contributed by atoms with Gasteiger partial charge in [0, 0.05) is 40.6 Å². The molecule has 2 aromatic carbocycles. The van der Waals surface area contributed by atoms with Crippen LogP contribution in [0.3, 0.4) is 0 Å². The van der Waals surface area contributed by atoms with Crippen LogP contribution in [0.15, 0.2) is 59.1 Å². The molecule has 0 aliphatic heterocycles. The number of pyridine rings is 1. The van der Waals surface area contributed by atoms with Gasteiger partial charge in [0.2, 0.25) is 5.91 Å². The van der Waals surface area contributed by atoms with Crippen molar-refractivity contribution < 1.29 is 9.72 Å². The van der Waals surface area contributed by atoms with Gasteiger partial charge in [-0.05, 0) is 31.0 Å². The summed E-state index contributed by atoms with van der Waals surface area (Å²) in [6.07, 6.45) is 0.272. The largest absolute Gasteiger partial charge is 0.302 e. The number of aromatic nitrogens is 4. The quantitative estimate of drug-likeness (QED) is 0.173. The molecule has 5 aromatic rings. The maximum absolute atomic E-state index is 12.5. The Morgan fingerprint density at radius 1 is 1.14 bits per heavy atom. The summed E-state index contributed by atoms with van der Waals surface area (Å²) >= 11 is 2.76. The minimum Gasteiger partial charge on any atom is -0.302 e. The third kappa shape index (κ3) is 4.60. The molecule has 0 spiro atoms. The van der Waals surface area contributed by atoms with Gasteiger partial charge in [-0.15, -0.1) is 21.5 Å². The number of carbonyl (C=O) groups is 1. The lowest BCUT2D eigenvalue weighted by Crippen LogP contribution is -2.12. The second kappa shape index (κ2) is 9.43. The van der Waals surface area contributed by atoms with Crippen molar-refractivity contribution >= 4 is 56.4 Å². The zero-order valence-corrected chi connectivity index (χ0v) is 20.5. The first-order valence-electron chi connectivity index (χ1n) is 10.8. The lowest BCUT2D eigenvalue weighted by molar-refractivity contribution is -0.384. The van der Waals surface area contributed by atoms with Crippen molar-refractivity contribution in [3.8, 4) is 11.3 Å². The lowest BCUT2D eigenvalue weighted by atomic mass is 10.1. The van der Waals surface area contributed by atoms with Gasteiger partial charge < -0.3 is 5.32 Å². The number of nitro groups is 1. The first kappa shape index (κ1) is 22.9. The third-order valence-electron chi connectivity index (χ3n) is 5.55. The Bertz CT molecular complexity index is 1590. The summed E-state index contributed by atoms with van der Waals surface area (Å²) in [7, 11) is 0. The minimum atomic E-state index is -0.444. The number of non-ortho nitro benzene ring substituents is 1. The molecule has 0 unspecified atom stereocenters. The monoisotopic (exact) mass is 504 g/mol. The summed E-state index contributed by atoms with van der Waals surface area (Å²) in [4.78, 5) is 27.5. The van der Waals surface area contributed by atoms with Crippen LogP contribution >= 0.6 is 23.1 Å². The Labute approximate surface area is 208 Å². The fourth-order valence-electron chi connectivity index (χ4n) is 3.88. The average molecular weight is 505 g/mol. The van der Waals surface area contributed by atoms with Crippen LogP contribution in [0.25, 0.3) is 27.8 Å². The van der Waals surface area contributed by atoms with E-state index in [-0.39, 0.29) is 18.0 Å². The lowest BCUT2D eigenvalue weighted by Gasteiger charge is -2.10. The van der Waals surface area contributed by atoms with Crippen molar-refractivity contribution in [3.05, 3.63) is 75.2 Å². The molecule has 11 heteroatoms. The van der Waals surface area contributed by atoms with Gasteiger partial charge in [0.25, 0.3) is 5.69 Å². The van der Waals surface area contributed by atoms with Crippen LogP contribution in [0.1, 0.15) is 17.5 Å². The number of hydrogen-bond acceptors (Lipinski definition) is 8. The summed E-state index contributed by atoms with van der Waals surface area (Å²) < 4.78 is 2.05. The SMILES string of the molecule is Cc1cc2nnc(SCCC(=O)Nc3nc(-c4cccc([N+](=O)[O-])c4)cs3)n2c2c(C)cccc12. The zero-order chi connectivity index (χ0) is 24.5. The molecular formula is C24H20N6O3S2. The molecule has 0 fully saturated rings. The van der Waals surface area contributed by atoms with Crippen molar-refractivity contribution in [2.75, 3.05) is 11.1 Å². The maximum atomic E-state index is 12.5. The molecule has 35 heavy (non-hydrogen) atoms. The van der Waals surface area contributed by atoms with Gasteiger partial charge in [0.15, 0.2) is 15.9 Å². The van der Waals surface area contributed by atoms with Crippen LogP contribution in [0, 0.1) is 24.0 Å². The Morgan fingerprint density at radius 2 is 1.97 bits per heavy atom. The average Bonchev–Trinajstić information content (AvgIpc) is 3.46. The van der Waals surface area contributed by atoms with E-state index < -0.39 is 4.92 Å². The van der Waals surface area contributed by atoms with E-state index in [2.05, 4.69) is 46.5 Å². The van der Waals surface area contributed by atoms with Crippen molar-refractivity contribution in [3.63, 3.8) is 0 Å². The second-order valence-corrected chi connectivity index (χ2v) is 9.89. The van der Waals surface area contributed by atoms with E-state index in [0.29, 0.717) is 22.1 Å². The van der Waals surface area contributed by atoms with Crippen molar-refractivity contribution in [1.82, 2.24) is 19.6 Å². The Morgan fingerprint density at radius 3 is 2.80 bits per heavy atom. The number of benzene rings is 2. The van der Waals surface area contributed by atoms with Gasteiger partial charge in [-0.3, -0.25) is 19.3 Å². The predicted molar refractivity (Wildman–Crippen MR) is 138 cm³/mol. The van der Waals surface area contributed by atoms with E-state index in [9.17, 15) is 14.9 Å². The molecule has 3 heterocycles. The highest BCUT2D eigenvalue weighted by atomic mass is 32.2. The molecule has 0 aliphatic rings. The molecule has 5 rings (SSSR count). The smallest absolute Gasteiger partial charge is 0.270 e. The molecule has 3 aromatic heterocycles. The van der Waals surface area contributed by atoms with Crippen LogP contribution in [0.2, 0.25) is 0 Å². The molecule has 0 bridgehead atoms. The molecule has 1 N–H and O–H groups in total. The normalized spacial score (nSPS) is 11.3. The maximum Gasteiger partial charge on any atom is 0.270 e. The number of anilines is 1. The van der Waals surface area contributed by atoms with Gasteiger partial charge >= 0.3 is 0 Å². The first-order valence-corrected chi connectivity index (χ1v) is 12.6. The summed E-state index contributed by atoms with van der Waals surface area (Å²) in [5.74, 6) is 0.361. The van der Waals surface area contributed by atoms with Crippen LogP contribution in [-0.2, 0) is 4.79 Å². The highest BCUT2D eigenvalue weighted by Gasteiger charge is 2.15. The van der Waals surface area contributed by atoms with Gasteiger partial charge in [-0.25, -0.2) is 4.98 Å². The number of fused-ring (bicyclic) bond motifs is 3. The van der Waals surface area contributed by atoms with E-state index in [4.69, 9.17) is 0 Å². The predicted octanol–water partition coefficient (Wildman–Crippen LogP) is 5.65. The minimum absolute atomic E-state index is 0.00255. The highest BCUT2D eigenvalue weighted by Crippen LogP contribution is 2.29. The number of amides is 1. The molecule has 1 amide bonds. The van der Waals surface area contributed by atoms with E-state index in [1.807, 2.05) is 16.5 Å². The molecule has 0 atom stereocenters. The Balaban J connectivity index is 1.25. The molecule has 0 aliphatic carbocycles. The summed E-state index contributed by atoms with van der Waals surface area (Å²) in [6.45, 7) is 4.13. The van der Waals surface area contributed by atoms with E-state index in [1.165, 1.54) is 35.2 Å². The van der Waals surface area contributed by atoms with Crippen LogP contribution in [0.5, 0.6) is 0 Å². The number of aryl methyl sites for hydroxylation is 2. The van der Waals surface area contributed by atoms with Crippen LogP contribution in [-0.4, -0.2) is 36.2 Å². The van der Waals surface area contributed by atoms with Gasteiger partial charge in [0.1, 0.15) is 0 Å². The molecule has 176 valence electrons. The topological polar surface area (TPSA) is 115 Å². The Hall–Kier alpha value is -3.83. The Kier molecular flexibility index (Phi) is 6.18. The summed E-state index contributed by atoms with van der Waals surface area (Å²) in [5.41, 5.74) is 5.35. The number of hydrogen-bond donors (Lipinski definition) is 1. The van der Waals surface area contributed by atoms with E-state index in [0.717, 1.165) is 32.8 Å². The van der Waals surface area contributed by atoms with Crippen molar-refractivity contribution in [2.45, 2.75) is 25.4 Å². The molecule has 0 saturated heterocycles. The molecular weight excluding hydrogens is 484 g/mol. The fraction of sp³-hybridized carbons (Fsp3) is 0.167. The number of rotatable bonds is 7. The first-order chi connectivity index (χ1) is 16.9. The number of nitrogens with one attached hydrogen (secondary N) is 1. The number of carbonyl (C=O) groups excluding carboxylic acids is 1. The summed E-state index contributed by atoms with van der Waals surface area (Å²) in [6, 6.07) is 14.5. The third-order valence-corrected chi connectivity index (χ3v) is 7.24. The van der Waals surface area contributed by atoms with Crippen LogP contribution in [0.4, 0.5) is 10.8 Å². The number of nitro benzene ring substituents is 1. The van der Waals surface area contributed by atoms with E-state index in [1.54, 1.807) is 17.5 Å². The molecule has 0 radical (unpaired) electrons. The van der Waals surface area contributed by atoms with Crippen molar-refractivity contribution in [2.24, 2.45) is 0 Å². The number of nitrogens with zero attached hydrogens (tertiary/aromatic N) is 5. The van der Waals surface area contributed by atoms with Crippen LogP contribution < -0.4 is 5.32 Å². The summed E-state index contributed by atoms with van der Waals surface area (Å²) in [5, 5.41) is 26.6. The highest BCUT2D eigenvalue weighted by molar-refractivity contribution is 7.99. The second-order valence-electron chi connectivity index (χ2n) is 7.97.